The third-order valence-electron chi connectivity index (χ3n) is 4.01. The highest BCUT2D eigenvalue weighted by atomic mass is 15.3. The fourth-order valence-corrected chi connectivity index (χ4v) is 2.67. The highest BCUT2D eigenvalue weighted by Gasteiger charge is 2.20. The van der Waals surface area contributed by atoms with Crippen LogP contribution in [0.3, 0.4) is 0 Å². The largest absolute Gasteiger partial charge is 0.354 e. The summed E-state index contributed by atoms with van der Waals surface area (Å²) in [4.78, 5) is 2.22. The van der Waals surface area contributed by atoms with Gasteiger partial charge in [-0.25, -0.2) is 0 Å². The van der Waals surface area contributed by atoms with Crippen LogP contribution in [0.1, 0.15) is 12.0 Å². The summed E-state index contributed by atoms with van der Waals surface area (Å²) in [5, 5.41) is 12.2. The molecule has 2 aromatic rings. The summed E-state index contributed by atoms with van der Waals surface area (Å²) in [6.45, 7) is 4.21. The number of rotatable bonds is 3. The Balaban J connectivity index is 1.82. The van der Waals surface area contributed by atoms with Gasteiger partial charge in [0.1, 0.15) is 0 Å². The molecule has 1 saturated heterocycles. The summed E-state index contributed by atoms with van der Waals surface area (Å²) in [6, 6.07) is 12.9. The SMILES string of the molecule is Cc1ccccc1-c1ccc(N(C)C2CCNC2)nn1. The van der Waals surface area contributed by atoms with Gasteiger partial charge in [0.2, 0.25) is 0 Å². The summed E-state index contributed by atoms with van der Waals surface area (Å²) in [7, 11) is 2.09. The van der Waals surface area contributed by atoms with E-state index in [9.17, 15) is 0 Å². The summed E-state index contributed by atoms with van der Waals surface area (Å²) >= 11 is 0. The topological polar surface area (TPSA) is 41.0 Å². The first-order valence-electron chi connectivity index (χ1n) is 7.09. The standard InChI is InChI=1S/C16H20N4/c1-12-5-3-4-6-14(12)15-7-8-16(19-18-15)20(2)13-9-10-17-11-13/h3-8,13,17H,9-11H2,1-2H3. The third kappa shape index (κ3) is 2.51. The van der Waals surface area contributed by atoms with E-state index in [1.54, 1.807) is 0 Å². The Labute approximate surface area is 119 Å². The molecule has 1 aliphatic heterocycles. The van der Waals surface area contributed by atoms with Gasteiger partial charge in [0.15, 0.2) is 5.82 Å². The van der Waals surface area contributed by atoms with Crippen LogP contribution in [0.25, 0.3) is 11.3 Å². The van der Waals surface area contributed by atoms with Crippen LogP contribution in [0.4, 0.5) is 5.82 Å². The molecule has 1 aliphatic rings. The molecule has 3 rings (SSSR count). The highest BCUT2D eigenvalue weighted by molar-refractivity contribution is 5.63. The van der Waals surface area contributed by atoms with E-state index in [0.717, 1.165) is 36.6 Å². The van der Waals surface area contributed by atoms with E-state index in [4.69, 9.17) is 0 Å². The lowest BCUT2D eigenvalue weighted by Crippen LogP contribution is -2.34. The van der Waals surface area contributed by atoms with Crippen molar-refractivity contribution >= 4 is 5.82 Å². The van der Waals surface area contributed by atoms with Gasteiger partial charge in [-0.15, -0.1) is 10.2 Å². The maximum absolute atomic E-state index is 4.39. The van der Waals surface area contributed by atoms with Crippen LogP contribution in [0, 0.1) is 6.92 Å². The van der Waals surface area contributed by atoms with Gasteiger partial charge in [0, 0.05) is 25.2 Å². The van der Waals surface area contributed by atoms with Gasteiger partial charge < -0.3 is 10.2 Å². The molecule has 104 valence electrons. The molecule has 2 heterocycles. The molecule has 0 saturated carbocycles. The number of aryl methyl sites for hydroxylation is 1. The van der Waals surface area contributed by atoms with Gasteiger partial charge in [-0.3, -0.25) is 0 Å². The number of aromatic nitrogens is 2. The van der Waals surface area contributed by atoms with Gasteiger partial charge >= 0.3 is 0 Å². The van der Waals surface area contributed by atoms with Crippen LogP contribution in [0.2, 0.25) is 0 Å². The first kappa shape index (κ1) is 13.1. The van der Waals surface area contributed by atoms with Crippen molar-refractivity contribution in [1.82, 2.24) is 15.5 Å². The third-order valence-corrected chi connectivity index (χ3v) is 4.01. The van der Waals surface area contributed by atoms with Crippen molar-refractivity contribution in [3.05, 3.63) is 42.0 Å². The Kier molecular flexibility index (Phi) is 3.65. The zero-order valence-corrected chi connectivity index (χ0v) is 12.0. The first-order chi connectivity index (χ1) is 9.75. The van der Waals surface area contributed by atoms with E-state index >= 15 is 0 Å². The number of likely N-dealkylation sites (N-methyl/N-ethyl adjacent to an activating group) is 1. The van der Waals surface area contributed by atoms with E-state index in [1.165, 1.54) is 5.56 Å². The van der Waals surface area contributed by atoms with Crippen LogP contribution in [0.5, 0.6) is 0 Å². The minimum atomic E-state index is 0.522. The van der Waals surface area contributed by atoms with Crippen molar-refractivity contribution in [2.45, 2.75) is 19.4 Å². The molecule has 1 aromatic heterocycles. The predicted molar refractivity (Wildman–Crippen MR) is 81.9 cm³/mol. The minimum Gasteiger partial charge on any atom is -0.354 e. The Morgan fingerprint density at radius 2 is 2.00 bits per heavy atom. The molecular formula is C16H20N4. The molecular weight excluding hydrogens is 248 g/mol. The van der Waals surface area contributed by atoms with Crippen LogP contribution in [-0.4, -0.2) is 36.4 Å². The van der Waals surface area contributed by atoms with Gasteiger partial charge in [0.25, 0.3) is 0 Å². The lowest BCUT2D eigenvalue weighted by atomic mass is 10.1. The van der Waals surface area contributed by atoms with Crippen LogP contribution in [0.15, 0.2) is 36.4 Å². The van der Waals surface area contributed by atoms with E-state index in [2.05, 4.69) is 58.7 Å². The predicted octanol–water partition coefficient (Wildman–Crippen LogP) is 2.25. The molecule has 20 heavy (non-hydrogen) atoms. The number of nitrogens with one attached hydrogen (secondary N) is 1. The summed E-state index contributed by atoms with van der Waals surface area (Å²) in [5.41, 5.74) is 3.31. The van der Waals surface area contributed by atoms with Crippen molar-refractivity contribution in [3.8, 4) is 11.3 Å². The lowest BCUT2D eigenvalue weighted by molar-refractivity contribution is 0.673. The average molecular weight is 268 g/mol. The lowest BCUT2D eigenvalue weighted by Gasteiger charge is -2.24. The van der Waals surface area contributed by atoms with Crippen molar-refractivity contribution < 1.29 is 0 Å². The second-order valence-electron chi connectivity index (χ2n) is 5.35. The molecule has 1 unspecified atom stereocenters. The number of benzene rings is 1. The fourth-order valence-electron chi connectivity index (χ4n) is 2.67. The molecule has 0 amide bonds. The van der Waals surface area contributed by atoms with E-state index in [-0.39, 0.29) is 0 Å². The zero-order valence-electron chi connectivity index (χ0n) is 12.0. The second kappa shape index (κ2) is 5.59. The molecule has 1 N–H and O–H groups in total. The Morgan fingerprint density at radius 1 is 1.15 bits per heavy atom. The maximum Gasteiger partial charge on any atom is 0.151 e. The molecule has 1 atom stereocenters. The number of anilines is 1. The number of hydrogen-bond acceptors (Lipinski definition) is 4. The van der Waals surface area contributed by atoms with Crippen molar-refractivity contribution in [2.24, 2.45) is 0 Å². The minimum absolute atomic E-state index is 0.522. The maximum atomic E-state index is 4.39. The van der Waals surface area contributed by atoms with Gasteiger partial charge in [-0.1, -0.05) is 24.3 Å². The second-order valence-corrected chi connectivity index (χ2v) is 5.35. The van der Waals surface area contributed by atoms with Gasteiger partial charge in [-0.2, -0.15) is 0 Å². The smallest absolute Gasteiger partial charge is 0.151 e. The molecule has 0 aliphatic carbocycles. The number of hydrogen-bond donors (Lipinski definition) is 1. The van der Waals surface area contributed by atoms with Crippen LogP contribution < -0.4 is 10.2 Å². The molecule has 0 bridgehead atoms. The van der Waals surface area contributed by atoms with Crippen LogP contribution >= 0.6 is 0 Å². The average Bonchev–Trinajstić information content (AvgIpc) is 3.01. The highest BCUT2D eigenvalue weighted by Crippen LogP contribution is 2.22. The molecule has 0 radical (unpaired) electrons. The molecule has 0 spiro atoms. The zero-order chi connectivity index (χ0) is 13.9. The molecule has 4 nitrogen and oxygen atoms in total. The van der Waals surface area contributed by atoms with Crippen molar-refractivity contribution in [1.29, 1.82) is 0 Å². The quantitative estimate of drug-likeness (QED) is 0.927. The van der Waals surface area contributed by atoms with Gasteiger partial charge in [-0.05, 0) is 37.6 Å². The van der Waals surface area contributed by atoms with E-state index in [0.29, 0.717) is 6.04 Å². The number of nitrogens with zero attached hydrogens (tertiary/aromatic N) is 3. The van der Waals surface area contributed by atoms with Crippen molar-refractivity contribution in [2.75, 3.05) is 25.0 Å². The Morgan fingerprint density at radius 3 is 2.65 bits per heavy atom. The van der Waals surface area contributed by atoms with Crippen LogP contribution in [-0.2, 0) is 0 Å². The normalized spacial score (nSPS) is 18.2. The summed E-state index contributed by atoms with van der Waals surface area (Å²) in [6.07, 6.45) is 1.16. The Hall–Kier alpha value is -1.94. The molecule has 1 fully saturated rings. The first-order valence-corrected chi connectivity index (χ1v) is 7.09. The fraction of sp³-hybridized carbons (Fsp3) is 0.375. The summed E-state index contributed by atoms with van der Waals surface area (Å²) in [5.74, 6) is 0.941. The van der Waals surface area contributed by atoms with Crippen molar-refractivity contribution in [3.63, 3.8) is 0 Å². The van der Waals surface area contributed by atoms with E-state index in [1.807, 2.05) is 12.1 Å². The monoisotopic (exact) mass is 268 g/mol. The molecule has 4 heteroatoms. The van der Waals surface area contributed by atoms with E-state index < -0.39 is 0 Å². The molecule has 1 aromatic carbocycles. The van der Waals surface area contributed by atoms with Gasteiger partial charge in [0.05, 0.1) is 5.69 Å². The summed E-state index contributed by atoms with van der Waals surface area (Å²) < 4.78 is 0. The Bertz CT molecular complexity index is 573.